The second kappa shape index (κ2) is 7.14. The Morgan fingerprint density at radius 2 is 1.45 bits per heavy atom. The van der Waals surface area contributed by atoms with E-state index in [1.165, 1.54) is 34.4 Å². The molecule has 0 unspecified atom stereocenters. The van der Waals surface area contributed by atoms with Gasteiger partial charge in [-0.25, -0.2) is 27.1 Å². The summed E-state index contributed by atoms with van der Waals surface area (Å²) in [6.45, 7) is 0. The highest BCUT2D eigenvalue weighted by molar-refractivity contribution is 7.91. The van der Waals surface area contributed by atoms with E-state index >= 15 is 0 Å². The Labute approximate surface area is 180 Å². The number of hydrogen-bond donors (Lipinski definition) is 3. The summed E-state index contributed by atoms with van der Waals surface area (Å²) in [5.41, 5.74) is 6.26. The first-order valence-corrected chi connectivity index (χ1v) is 13.0. The SMILES string of the molecule is NS(=O)(=O)c1ccc(S(=O)(=O)c2nc(Nc3c4c(cc5c3CCC5)CCC4)n[nH]2)cc1. The smallest absolute Gasteiger partial charge is 0.249 e. The summed E-state index contributed by atoms with van der Waals surface area (Å²) in [4.78, 5) is 3.89. The van der Waals surface area contributed by atoms with Crippen LogP contribution in [0.4, 0.5) is 11.6 Å². The number of H-pyrrole nitrogens is 1. The average Bonchev–Trinajstić information content (AvgIpc) is 3.47. The monoisotopic (exact) mass is 459 g/mol. The fourth-order valence-electron chi connectivity index (χ4n) is 4.42. The van der Waals surface area contributed by atoms with Crippen LogP contribution in [0.5, 0.6) is 0 Å². The van der Waals surface area contributed by atoms with E-state index in [0.717, 1.165) is 56.3 Å². The predicted octanol–water partition coefficient (Wildman–Crippen LogP) is 2.01. The van der Waals surface area contributed by atoms with Crippen molar-refractivity contribution in [3.63, 3.8) is 0 Å². The van der Waals surface area contributed by atoms with Crippen molar-refractivity contribution in [3.8, 4) is 0 Å². The third-order valence-corrected chi connectivity index (χ3v) is 8.41. The number of aromatic amines is 1. The second-order valence-corrected chi connectivity index (χ2v) is 11.3. The van der Waals surface area contributed by atoms with Gasteiger partial charge in [0, 0.05) is 5.69 Å². The molecule has 2 aromatic carbocycles. The molecular weight excluding hydrogens is 438 g/mol. The van der Waals surface area contributed by atoms with E-state index in [4.69, 9.17) is 5.14 Å². The van der Waals surface area contributed by atoms with Crippen molar-refractivity contribution in [3.05, 3.63) is 52.6 Å². The maximum atomic E-state index is 12.9. The minimum atomic E-state index is -4.00. The van der Waals surface area contributed by atoms with Crippen molar-refractivity contribution in [2.75, 3.05) is 5.32 Å². The molecule has 0 spiro atoms. The number of nitrogens with zero attached hydrogens (tertiary/aromatic N) is 2. The van der Waals surface area contributed by atoms with E-state index in [1.54, 1.807) is 0 Å². The molecule has 0 aliphatic heterocycles. The van der Waals surface area contributed by atoms with E-state index in [0.29, 0.717) is 0 Å². The van der Waals surface area contributed by atoms with Crippen molar-refractivity contribution >= 4 is 31.5 Å². The zero-order valence-corrected chi connectivity index (χ0v) is 18.2. The van der Waals surface area contributed by atoms with Gasteiger partial charge < -0.3 is 5.32 Å². The van der Waals surface area contributed by atoms with E-state index in [-0.39, 0.29) is 20.9 Å². The summed E-state index contributed by atoms with van der Waals surface area (Å²) in [5, 5.41) is 14.6. The van der Waals surface area contributed by atoms with Crippen LogP contribution in [0.3, 0.4) is 0 Å². The van der Waals surface area contributed by atoms with Crippen LogP contribution < -0.4 is 10.5 Å². The normalized spacial score (nSPS) is 15.6. The van der Waals surface area contributed by atoms with E-state index in [1.807, 2.05) is 0 Å². The maximum Gasteiger partial charge on any atom is 0.249 e. The van der Waals surface area contributed by atoms with Crippen LogP contribution >= 0.6 is 0 Å². The van der Waals surface area contributed by atoms with Gasteiger partial charge in [-0.15, -0.1) is 5.10 Å². The maximum absolute atomic E-state index is 12.9. The van der Waals surface area contributed by atoms with Gasteiger partial charge >= 0.3 is 0 Å². The predicted molar refractivity (Wildman–Crippen MR) is 113 cm³/mol. The quantitative estimate of drug-likeness (QED) is 0.528. The summed E-state index contributed by atoms with van der Waals surface area (Å²) in [6, 6.07) is 6.97. The number of rotatable bonds is 5. The summed E-state index contributed by atoms with van der Waals surface area (Å²) in [6.07, 6.45) is 6.29. The molecule has 2 aliphatic rings. The van der Waals surface area contributed by atoms with Gasteiger partial charge in [0.2, 0.25) is 31.0 Å². The molecule has 162 valence electrons. The number of hydrogen-bond acceptors (Lipinski definition) is 7. The number of aromatic nitrogens is 3. The zero-order valence-electron chi connectivity index (χ0n) is 16.6. The molecule has 9 nitrogen and oxygen atoms in total. The van der Waals surface area contributed by atoms with Gasteiger partial charge in [0.1, 0.15) is 0 Å². The Morgan fingerprint density at radius 1 is 0.871 bits per heavy atom. The first-order valence-electron chi connectivity index (χ1n) is 9.97. The van der Waals surface area contributed by atoms with E-state index in [9.17, 15) is 16.8 Å². The Balaban J connectivity index is 1.46. The number of nitrogens with two attached hydrogens (primary N) is 1. The molecule has 4 N–H and O–H groups in total. The van der Waals surface area contributed by atoms with Crippen molar-refractivity contribution in [1.29, 1.82) is 0 Å². The van der Waals surface area contributed by atoms with Gasteiger partial charge in [0.05, 0.1) is 9.79 Å². The van der Waals surface area contributed by atoms with Gasteiger partial charge in [-0.1, -0.05) is 6.07 Å². The van der Waals surface area contributed by atoms with Crippen LogP contribution in [0.15, 0.2) is 45.3 Å². The van der Waals surface area contributed by atoms with Gasteiger partial charge in [-0.05, 0) is 85.0 Å². The van der Waals surface area contributed by atoms with Crippen LogP contribution in [0.25, 0.3) is 0 Å². The topological polar surface area (TPSA) is 148 Å². The number of sulfone groups is 1. The number of benzene rings is 2. The molecule has 11 heteroatoms. The number of primary sulfonamides is 1. The molecule has 1 heterocycles. The van der Waals surface area contributed by atoms with Crippen molar-refractivity contribution in [1.82, 2.24) is 15.2 Å². The molecule has 3 aromatic rings. The molecular formula is C20H21N5O4S2. The van der Waals surface area contributed by atoms with Crippen LogP contribution in [0.2, 0.25) is 0 Å². The first kappa shape index (κ1) is 20.2. The standard InChI is InChI=1S/C20H21N5O4S2/c21-31(28,29)15-9-7-14(8-10-15)30(26,27)20-23-19(24-25-20)22-18-16-5-1-3-12(16)11-13-4-2-6-17(13)18/h7-11H,1-6H2,(H2,21,28,29)(H2,22,23,24,25). The Kier molecular flexibility index (Phi) is 4.65. The van der Waals surface area contributed by atoms with Gasteiger partial charge in [0.15, 0.2) is 0 Å². The number of aryl methyl sites for hydroxylation is 2. The molecule has 0 saturated carbocycles. The van der Waals surface area contributed by atoms with Crippen molar-refractivity contribution in [2.45, 2.75) is 53.5 Å². The average molecular weight is 460 g/mol. The fraction of sp³-hybridized carbons (Fsp3) is 0.300. The largest absolute Gasteiger partial charge is 0.322 e. The van der Waals surface area contributed by atoms with Crippen LogP contribution in [-0.2, 0) is 45.5 Å². The lowest BCUT2D eigenvalue weighted by Gasteiger charge is -2.15. The number of nitrogens with one attached hydrogen (secondary N) is 2. The molecule has 0 amide bonds. The lowest BCUT2D eigenvalue weighted by Crippen LogP contribution is -2.12. The summed E-state index contributed by atoms with van der Waals surface area (Å²) >= 11 is 0. The molecule has 0 bridgehead atoms. The van der Waals surface area contributed by atoms with Gasteiger partial charge in [-0.2, -0.15) is 4.98 Å². The summed E-state index contributed by atoms with van der Waals surface area (Å²) in [7, 11) is -7.91. The van der Waals surface area contributed by atoms with Crippen LogP contribution in [0.1, 0.15) is 35.1 Å². The molecule has 5 rings (SSSR count). The van der Waals surface area contributed by atoms with Crippen molar-refractivity contribution in [2.24, 2.45) is 5.14 Å². The lowest BCUT2D eigenvalue weighted by molar-refractivity contribution is 0.586. The molecule has 0 atom stereocenters. The van der Waals surface area contributed by atoms with E-state index < -0.39 is 19.9 Å². The number of sulfonamides is 1. The third kappa shape index (κ3) is 3.52. The Bertz CT molecular complexity index is 1360. The van der Waals surface area contributed by atoms with E-state index in [2.05, 4.69) is 26.6 Å². The fourth-order valence-corrected chi connectivity index (χ4v) is 6.03. The zero-order chi connectivity index (χ0) is 21.8. The van der Waals surface area contributed by atoms with Gasteiger partial charge in [-0.3, -0.25) is 0 Å². The first-order chi connectivity index (χ1) is 14.7. The van der Waals surface area contributed by atoms with Crippen molar-refractivity contribution < 1.29 is 16.8 Å². The number of fused-ring (bicyclic) bond motifs is 2. The minimum absolute atomic E-state index is 0.107. The molecule has 0 radical (unpaired) electrons. The Morgan fingerprint density at radius 3 is 2.03 bits per heavy atom. The van der Waals surface area contributed by atoms with Crippen LogP contribution in [0, 0.1) is 0 Å². The minimum Gasteiger partial charge on any atom is -0.322 e. The van der Waals surface area contributed by atoms with Gasteiger partial charge in [0.25, 0.3) is 0 Å². The Hall–Kier alpha value is -2.76. The lowest BCUT2D eigenvalue weighted by atomic mass is 9.99. The molecule has 1 aromatic heterocycles. The highest BCUT2D eigenvalue weighted by Crippen LogP contribution is 2.39. The number of anilines is 2. The molecule has 2 aliphatic carbocycles. The second-order valence-electron chi connectivity index (χ2n) is 7.84. The highest BCUT2D eigenvalue weighted by atomic mass is 32.2. The highest BCUT2D eigenvalue weighted by Gasteiger charge is 2.27. The summed E-state index contributed by atoms with van der Waals surface area (Å²) < 4.78 is 48.6. The molecule has 0 fully saturated rings. The molecule has 0 saturated heterocycles. The van der Waals surface area contributed by atoms with Crippen LogP contribution in [-0.4, -0.2) is 32.0 Å². The third-order valence-electron chi connectivity index (χ3n) is 5.89. The molecule has 31 heavy (non-hydrogen) atoms. The summed E-state index contributed by atoms with van der Waals surface area (Å²) in [5.74, 6) is 0.189.